The van der Waals surface area contributed by atoms with Crippen LogP contribution in [0.2, 0.25) is 0 Å². The Kier molecular flexibility index (Phi) is 3.77. The molecule has 0 bridgehead atoms. The maximum absolute atomic E-state index is 13.1. The highest BCUT2D eigenvalue weighted by molar-refractivity contribution is 5.37. The van der Waals surface area contributed by atoms with E-state index in [1.807, 2.05) is 37.3 Å². The van der Waals surface area contributed by atoms with Gasteiger partial charge < -0.3 is 5.32 Å². The van der Waals surface area contributed by atoms with Gasteiger partial charge in [0.1, 0.15) is 11.4 Å². The van der Waals surface area contributed by atoms with Crippen molar-refractivity contribution < 1.29 is 13.2 Å². The summed E-state index contributed by atoms with van der Waals surface area (Å²) in [7, 11) is 0. The molecule has 128 valence electrons. The van der Waals surface area contributed by atoms with Crippen molar-refractivity contribution in [3.8, 4) is 0 Å². The van der Waals surface area contributed by atoms with Crippen molar-refractivity contribution in [2.45, 2.75) is 37.5 Å². The molecule has 0 spiro atoms. The van der Waals surface area contributed by atoms with Crippen molar-refractivity contribution in [3.05, 3.63) is 62.8 Å². The van der Waals surface area contributed by atoms with Crippen LogP contribution < -0.4 is 16.6 Å². The lowest BCUT2D eigenvalue weighted by Gasteiger charge is -2.21. The van der Waals surface area contributed by atoms with Gasteiger partial charge in [-0.2, -0.15) is 13.2 Å². The molecule has 1 aromatic carbocycles. The summed E-state index contributed by atoms with van der Waals surface area (Å²) in [5.74, 6) is 0.0931. The van der Waals surface area contributed by atoms with Crippen LogP contribution in [0.15, 0.2) is 46.0 Å². The molecule has 3 rings (SSSR count). The van der Waals surface area contributed by atoms with Gasteiger partial charge in [0.2, 0.25) is 0 Å². The fraction of sp³-hybridized carbons (Fsp3) is 0.375. The van der Waals surface area contributed by atoms with Crippen LogP contribution in [0.5, 0.6) is 0 Å². The molecule has 8 heteroatoms. The monoisotopic (exact) mass is 339 g/mol. The summed E-state index contributed by atoms with van der Waals surface area (Å²) in [5.41, 5.74) is -3.46. The molecular formula is C16H16F3N3O2. The minimum atomic E-state index is -4.63. The Morgan fingerprint density at radius 2 is 1.83 bits per heavy atom. The average Bonchev–Trinajstić information content (AvgIpc) is 3.28. The van der Waals surface area contributed by atoms with Gasteiger partial charge in [-0.15, -0.1) is 0 Å². The first-order valence-corrected chi connectivity index (χ1v) is 7.50. The number of alkyl halides is 3. The third kappa shape index (κ3) is 2.72. The molecule has 1 aliphatic carbocycles. The number of benzene rings is 1. The second-order valence-corrected chi connectivity index (χ2v) is 5.97. The molecule has 0 radical (unpaired) electrons. The summed E-state index contributed by atoms with van der Waals surface area (Å²) in [5, 5.41) is 2.93. The minimum absolute atomic E-state index is 0.0931. The van der Waals surface area contributed by atoms with Gasteiger partial charge in [-0.05, 0) is 25.3 Å². The van der Waals surface area contributed by atoms with Crippen molar-refractivity contribution in [1.82, 2.24) is 9.55 Å². The third-order valence-electron chi connectivity index (χ3n) is 4.28. The summed E-state index contributed by atoms with van der Waals surface area (Å²) in [6, 6.07) is 10.0. The Labute approximate surface area is 135 Å². The normalized spacial score (nSPS) is 17.3. The van der Waals surface area contributed by atoms with Gasteiger partial charge in [-0.25, -0.2) is 9.36 Å². The number of hydrogen-bond acceptors (Lipinski definition) is 3. The minimum Gasteiger partial charge on any atom is -0.365 e. The number of H-pyrrole nitrogens is 1. The molecule has 0 amide bonds. The van der Waals surface area contributed by atoms with E-state index in [-0.39, 0.29) is 29.3 Å². The lowest BCUT2D eigenvalue weighted by atomic mass is 10.1. The quantitative estimate of drug-likeness (QED) is 0.900. The standard InChI is InChI=1S/C16H16F3N3O2/c1-10(11-5-3-2-4-6-11)20-12-9-13(23)22(14(24)21-12)15(7-8-15)16(17,18)19/h2-6,9-10,20H,7-8H2,1H3,(H,21,24). The van der Waals surface area contributed by atoms with Gasteiger partial charge in [0.05, 0.1) is 0 Å². The van der Waals surface area contributed by atoms with Gasteiger partial charge in [0.15, 0.2) is 0 Å². The zero-order chi connectivity index (χ0) is 17.5. The Balaban J connectivity index is 1.92. The van der Waals surface area contributed by atoms with Crippen LogP contribution in [0.4, 0.5) is 19.0 Å². The topological polar surface area (TPSA) is 66.9 Å². The second-order valence-electron chi connectivity index (χ2n) is 5.97. The molecule has 5 nitrogen and oxygen atoms in total. The van der Waals surface area contributed by atoms with E-state index < -0.39 is 23.0 Å². The largest absolute Gasteiger partial charge is 0.412 e. The van der Waals surface area contributed by atoms with Crippen LogP contribution in [-0.4, -0.2) is 15.7 Å². The first-order chi connectivity index (χ1) is 11.2. The number of anilines is 1. The fourth-order valence-electron chi connectivity index (χ4n) is 2.79. The molecule has 1 unspecified atom stereocenters. The molecule has 2 N–H and O–H groups in total. The van der Waals surface area contributed by atoms with Crippen molar-refractivity contribution in [2.24, 2.45) is 0 Å². The maximum atomic E-state index is 13.1. The fourth-order valence-corrected chi connectivity index (χ4v) is 2.79. The van der Waals surface area contributed by atoms with E-state index in [2.05, 4.69) is 10.3 Å². The Morgan fingerprint density at radius 3 is 2.33 bits per heavy atom. The molecular weight excluding hydrogens is 323 g/mol. The zero-order valence-corrected chi connectivity index (χ0v) is 12.9. The predicted octanol–water partition coefficient (Wildman–Crippen LogP) is 2.76. The van der Waals surface area contributed by atoms with Crippen LogP contribution in [0.25, 0.3) is 0 Å². The van der Waals surface area contributed by atoms with Crippen LogP contribution in [0.3, 0.4) is 0 Å². The molecule has 1 atom stereocenters. The highest BCUT2D eigenvalue weighted by atomic mass is 19.4. The molecule has 1 heterocycles. The Hall–Kier alpha value is -2.51. The first kappa shape index (κ1) is 16.4. The number of halogens is 3. The molecule has 2 aromatic rings. The summed E-state index contributed by atoms with van der Waals surface area (Å²) in [4.78, 5) is 26.5. The van der Waals surface area contributed by atoms with Gasteiger partial charge >= 0.3 is 11.9 Å². The van der Waals surface area contributed by atoms with Gasteiger partial charge in [-0.3, -0.25) is 9.78 Å². The molecule has 1 aliphatic rings. The van der Waals surface area contributed by atoms with Crippen LogP contribution in [-0.2, 0) is 5.54 Å². The number of aromatic amines is 1. The second kappa shape index (κ2) is 5.54. The predicted molar refractivity (Wildman–Crippen MR) is 83.1 cm³/mol. The lowest BCUT2D eigenvalue weighted by molar-refractivity contribution is -0.181. The van der Waals surface area contributed by atoms with Gasteiger partial charge in [0, 0.05) is 12.1 Å². The van der Waals surface area contributed by atoms with Crippen molar-refractivity contribution in [3.63, 3.8) is 0 Å². The molecule has 1 fully saturated rings. The van der Waals surface area contributed by atoms with Gasteiger partial charge in [-0.1, -0.05) is 30.3 Å². The van der Waals surface area contributed by atoms with Crippen LogP contribution in [0, 0.1) is 0 Å². The molecule has 1 saturated carbocycles. The number of rotatable bonds is 4. The third-order valence-corrected chi connectivity index (χ3v) is 4.28. The molecule has 0 aliphatic heterocycles. The maximum Gasteiger partial charge on any atom is 0.412 e. The Bertz CT molecular complexity index is 820. The smallest absolute Gasteiger partial charge is 0.365 e. The number of aromatic nitrogens is 2. The Morgan fingerprint density at radius 1 is 1.21 bits per heavy atom. The highest BCUT2D eigenvalue weighted by Gasteiger charge is 2.66. The van der Waals surface area contributed by atoms with Crippen molar-refractivity contribution in [1.29, 1.82) is 0 Å². The van der Waals surface area contributed by atoms with E-state index in [1.165, 1.54) is 0 Å². The summed E-state index contributed by atoms with van der Waals surface area (Å²) in [6.45, 7) is 1.82. The van der Waals surface area contributed by atoms with Gasteiger partial charge in [0.25, 0.3) is 5.56 Å². The number of nitrogens with one attached hydrogen (secondary N) is 2. The average molecular weight is 339 g/mol. The van der Waals surface area contributed by atoms with E-state index >= 15 is 0 Å². The van der Waals surface area contributed by atoms with E-state index in [9.17, 15) is 22.8 Å². The lowest BCUT2D eigenvalue weighted by Crippen LogP contribution is -2.49. The highest BCUT2D eigenvalue weighted by Crippen LogP contribution is 2.54. The summed E-state index contributed by atoms with van der Waals surface area (Å²) >= 11 is 0. The van der Waals surface area contributed by atoms with Crippen molar-refractivity contribution in [2.75, 3.05) is 5.32 Å². The van der Waals surface area contributed by atoms with E-state index in [0.29, 0.717) is 0 Å². The molecule has 1 aromatic heterocycles. The van der Waals surface area contributed by atoms with E-state index in [1.54, 1.807) is 0 Å². The van der Waals surface area contributed by atoms with E-state index in [0.717, 1.165) is 11.6 Å². The van der Waals surface area contributed by atoms with Crippen LogP contribution >= 0.6 is 0 Å². The molecule has 0 saturated heterocycles. The van der Waals surface area contributed by atoms with Crippen molar-refractivity contribution >= 4 is 5.82 Å². The van der Waals surface area contributed by atoms with Crippen LogP contribution in [0.1, 0.15) is 31.4 Å². The number of hydrogen-bond donors (Lipinski definition) is 2. The zero-order valence-electron chi connectivity index (χ0n) is 12.9. The summed E-state index contributed by atoms with van der Waals surface area (Å²) in [6.07, 6.45) is -5.14. The molecule has 24 heavy (non-hydrogen) atoms. The summed E-state index contributed by atoms with van der Waals surface area (Å²) < 4.78 is 39.7. The number of nitrogens with zero attached hydrogens (tertiary/aromatic N) is 1. The SMILES string of the molecule is CC(Nc1cc(=O)n(C2(C(F)(F)F)CC2)c(=O)[nH]1)c1ccccc1. The first-order valence-electron chi connectivity index (χ1n) is 7.50. The van der Waals surface area contributed by atoms with E-state index in [4.69, 9.17) is 0 Å².